The fourth-order valence-electron chi connectivity index (χ4n) is 3.75. The molecule has 1 N–H and O–H groups in total. The topological polar surface area (TPSA) is 109 Å². The molecule has 166 valence electrons. The SMILES string of the molecule is O=C(NCC(c1ccco1)N1CCOCC1)c1ccc(N2C(=O)CCS2(=O)=O)cc1Cl. The number of furan rings is 1. The van der Waals surface area contributed by atoms with Gasteiger partial charge >= 0.3 is 0 Å². The van der Waals surface area contributed by atoms with Crippen molar-refractivity contribution >= 4 is 39.1 Å². The predicted octanol–water partition coefficient (Wildman–Crippen LogP) is 1.80. The van der Waals surface area contributed by atoms with Crippen LogP contribution in [0.1, 0.15) is 28.6 Å². The zero-order chi connectivity index (χ0) is 22.0. The van der Waals surface area contributed by atoms with Gasteiger partial charge in [0.2, 0.25) is 15.9 Å². The molecule has 0 spiro atoms. The van der Waals surface area contributed by atoms with Gasteiger partial charge in [0.15, 0.2) is 0 Å². The van der Waals surface area contributed by atoms with Crippen LogP contribution in [0.15, 0.2) is 41.0 Å². The second kappa shape index (κ2) is 8.99. The second-order valence-electron chi connectivity index (χ2n) is 7.28. The monoisotopic (exact) mass is 467 g/mol. The van der Waals surface area contributed by atoms with Crippen LogP contribution in [0.25, 0.3) is 0 Å². The first-order valence-corrected chi connectivity index (χ1v) is 11.8. The van der Waals surface area contributed by atoms with Gasteiger partial charge in [-0.25, -0.2) is 12.7 Å². The van der Waals surface area contributed by atoms with E-state index in [1.807, 2.05) is 6.07 Å². The van der Waals surface area contributed by atoms with Crippen molar-refractivity contribution in [3.63, 3.8) is 0 Å². The Morgan fingerprint density at radius 2 is 2.00 bits per heavy atom. The summed E-state index contributed by atoms with van der Waals surface area (Å²) in [6.45, 7) is 2.95. The Morgan fingerprint density at radius 3 is 2.61 bits per heavy atom. The predicted molar refractivity (Wildman–Crippen MR) is 114 cm³/mol. The van der Waals surface area contributed by atoms with Gasteiger partial charge in [0.05, 0.1) is 47.5 Å². The average Bonchev–Trinajstić information content (AvgIpc) is 3.36. The molecular formula is C20H22ClN3O6S. The molecule has 0 aliphatic carbocycles. The number of hydrogen-bond donors (Lipinski definition) is 1. The van der Waals surface area contributed by atoms with E-state index in [9.17, 15) is 18.0 Å². The highest BCUT2D eigenvalue weighted by Gasteiger charge is 2.36. The van der Waals surface area contributed by atoms with Gasteiger partial charge in [0.1, 0.15) is 5.76 Å². The summed E-state index contributed by atoms with van der Waals surface area (Å²) in [5, 5.41) is 2.94. The standard InChI is InChI=1S/C20H22ClN3O6S/c21-16-12-14(24-19(25)5-11-31(24,27)28)3-4-15(16)20(26)22-13-17(18-2-1-8-30-18)23-6-9-29-10-7-23/h1-4,8,12,17H,5-7,9-11,13H2,(H,22,26). The first-order chi connectivity index (χ1) is 14.9. The molecule has 2 fully saturated rings. The number of nitrogens with zero attached hydrogens (tertiary/aromatic N) is 2. The summed E-state index contributed by atoms with van der Waals surface area (Å²) < 4.78 is 35.9. The highest BCUT2D eigenvalue weighted by Crippen LogP contribution is 2.29. The van der Waals surface area contributed by atoms with E-state index in [4.69, 9.17) is 20.8 Å². The maximum absolute atomic E-state index is 12.8. The van der Waals surface area contributed by atoms with Crippen molar-refractivity contribution in [1.29, 1.82) is 0 Å². The van der Waals surface area contributed by atoms with Gasteiger partial charge in [-0.3, -0.25) is 14.5 Å². The minimum atomic E-state index is -3.70. The fourth-order valence-corrected chi connectivity index (χ4v) is 5.46. The first-order valence-electron chi connectivity index (χ1n) is 9.85. The number of benzene rings is 1. The van der Waals surface area contributed by atoms with E-state index in [0.29, 0.717) is 19.8 Å². The number of rotatable bonds is 6. The van der Waals surface area contributed by atoms with Crippen LogP contribution in [0.4, 0.5) is 5.69 Å². The van der Waals surface area contributed by atoms with Crippen LogP contribution in [0, 0.1) is 0 Å². The first kappa shape index (κ1) is 21.8. The lowest BCUT2D eigenvalue weighted by Crippen LogP contribution is -2.43. The van der Waals surface area contributed by atoms with E-state index in [1.54, 1.807) is 12.3 Å². The molecule has 11 heteroatoms. The number of ether oxygens (including phenoxy) is 1. The van der Waals surface area contributed by atoms with E-state index < -0.39 is 21.8 Å². The molecule has 2 aromatic rings. The van der Waals surface area contributed by atoms with E-state index >= 15 is 0 Å². The molecular weight excluding hydrogens is 446 g/mol. The largest absolute Gasteiger partial charge is 0.468 e. The lowest BCUT2D eigenvalue weighted by atomic mass is 10.1. The summed E-state index contributed by atoms with van der Waals surface area (Å²) in [6, 6.07) is 7.66. The molecule has 2 aliphatic heterocycles. The van der Waals surface area contributed by atoms with E-state index in [2.05, 4.69) is 10.2 Å². The molecule has 2 saturated heterocycles. The highest BCUT2D eigenvalue weighted by molar-refractivity contribution is 7.94. The van der Waals surface area contributed by atoms with E-state index in [1.165, 1.54) is 18.2 Å². The summed E-state index contributed by atoms with van der Waals surface area (Å²) in [6.07, 6.45) is 1.52. The third kappa shape index (κ3) is 4.62. The van der Waals surface area contributed by atoms with Crippen molar-refractivity contribution in [2.45, 2.75) is 12.5 Å². The zero-order valence-corrected chi connectivity index (χ0v) is 18.2. The molecule has 0 radical (unpaired) electrons. The number of hydrogen-bond acceptors (Lipinski definition) is 7. The van der Waals surface area contributed by atoms with Crippen molar-refractivity contribution in [2.75, 3.05) is 42.9 Å². The van der Waals surface area contributed by atoms with Crippen LogP contribution in [-0.2, 0) is 19.6 Å². The molecule has 31 heavy (non-hydrogen) atoms. The van der Waals surface area contributed by atoms with Gasteiger partial charge in [-0.2, -0.15) is 0 Å². The number of halogens is 1. The molecule has 2 amide bonds. The second-order valence-corrected chi connectivity index (χ2v) is 9.62. The van der Waals surface area contributed by atoms with Crippen LogP contribution in [-0.4, -0.2) is 63.7 Å². The maximum Gasteiger partial charge on any atom is 0.252 e. The van der Waals surface area contributed by atoms with Gasteiger partial charge in [0.25, 0.3) is 5.91 Å². The maximum atomic E-state index is 12.8. The quantitative estimate of drug-likeness (QED) is 0.689. The van der Waals surface area contributed by atoms with Crippen molar-refractivity contribution < 1.29 is 27.2 Å². The minimum absolute atomic E-state index is 0.0609. The summed E-state index contributed by atoms with van der Waals surface area (Å²) in [7, 11) is -3.70. The number of carbonyl (C=O) groups is 2. The lowest BCUT2D eigenvalue weighted by Gasteiger charge is -2.33. The average molecular weight is 468 g/mol. The molecule has 2 aliphatic rings. The summed E-state index contributed by atoms with van der Waals surface area (Å²) in [5.41, 5.74) is 0.320. The Bertz CT molecular complexity index is 1070. The van der Waals surface area contributed by atoms with Gasteiger partial charge < -0.3 is 14.5 Å². The van der Waals surface area contributed by atoms with Gasteiger partial charge in [0, 0.05) is 26.1 Å². The number of amides is 2. The molecule has 1 aromatic heterocycles. The van der Waals surface area contributed by atoms with Gasteiger partial charge in [-0.15, -0.1) is 0 Å². The number of morpholine rings is 1. The third-order valence-electron chi connectivity index (χ3n) is 5.32. The fraction of sp³-hybridized carbons (Fsp3) is 0.400. The number of anilines is 1. The Hall–Kier alpha value is -2.40. The van der Waals surface area contributed by atoms with Crippen molar-refractivity contribution in [3.8, 4) is 0 Å². The van der Waals surface area contributed by atoms with E-state index in [-0.39, 0.29) is 34.5 Å². The zero-order valence-electron chi connectivity index (χ0n) is 16.6. The Kier molecular flexibility index (Phi) is 6.33. The van der Waals surface area contributed by atoms with Gasteiger partial charge in [-0.05, 0) is 30.3 Å². The Labute approximate surface area is 184 Å². The molecule has 1 unspecified atom stereocenters. The normalized spacial score (nSPS) is 20.0. The Balaban J connectivity index is 1.48. The van der Waals surface area contributed by atoms with Crippen LogP contribution < -0.4 is 9.62 Å². The van der Waals surface area contributed by atoms with Crippen molar-refractivity contribution in [3.05, 3.63) is 52.9 Å². The molecule has 9 nitrogen and oxygen atoms in total. The van der Waals surface area contributed by atoms with Crippen molar-refractivity contribution in [1.82, 2.24) is 10.2 Å². The number of carbonyl (C=O) groups excluding carboxylic acids is 2. The molecule has 3 heterocycles. The van der Waals surface area contributed by atoms with Crippen molar-refractivity contribution in [2.24, 2.45) is 0 Å². The van der Waals surface area contributed by atoms with E-state index in [0.717, 1.165) is 23.2 Å². The van der Waals surface area contributed by atoms with Gasteiger partial charge in [-0.1, -0.05) is 11.6 Å². The highest BCUT2D eigenvalue weighted by atomic mass is 35.5. The summed E-state index contributed by atoms with van der Waals surface area (Å²) in [5.74, 6) is -0.417. The molecule has 1 atom stereocenters. The lowest BCUT2D eigenvalue weighted by molar-refractivity contribution is -0.116. The molecule has 0 saturated carbocycles. The smallest absolute Gasteiger partial charge is 0.252 e. The number of nitrogens with one attached hydrogen (secondary N) is 1. The van der Waals surface area contributed by atoms with Crippen LogP contribution in [0.5, 0.6) is 0 Å². The van der Waals surface area contributed by atoms with Crippen LogP contribution >= 0.6 is 11.6 Å². The summed E-state index contributed by atoms with van der Waals surface area (Å²) in [4.78, 5) is 26.9. The molecule has 0 bridgehead atoms. The Morgan fingerprint density at radius 1 is 1.23 bits per heavy atom. The minimum Gasteiger partial charge on any atom is -0.468 e. The summed E-state index contributed by atoms with van der Waals surface area (Å²) >= 11 is 6.27. The van der Waals surface area contributed by atoms with Crippen LogP contribution in [0.2, 0.25) is 5.02 Å². The molecule has 1 aromatic carbocycles. The third-order valence-corrected chi connectivity index (χ3v) is 7.33. The number of sulfonamides is 1. The van der Waals surface area contributed by atoms with Crippen LogP contribution in [0.3, 0.4) is 0 Å². The molecule has 4 rings (SSSR count).